The van der Waals surface area contributed by atoms with Crippen LogP contribution < -0.4 is 10.1 Å². The largest absolute Gasteiger partial charge is 0.493 e. The summed E-state index contributed by atoms with van der Waals surface area (Å²) in [5.74, 6) is 0.293. The number of hydrogen-bond donors (Lipinski definition) is 2. The van der Waals surface area contributed by atoms with Crippen LogP contribution in [0.4, 0.5) is 5.69 Å². The number of fused-ring (bicyclic) bond motifs is 1. The maximum atomic E-state index is 11.3. The van der Waals surface area contributed by atoms with Gasteiger partial charge in [-0.25, -0.2) is 0 Å². The molecule has 1 aromatic rings. The molecule has 1 saturated carbocycles. The van der Waals surface area contributed by atoms with Gasteiger partial charge in [-0.3, -0.25) is 4.79 Å². The van der Waals surface area contributed by atoms with Crippen molar-refractivity contribution in [1.82, 2.24) is 0 Å². The minimum absolute atomic E-state index is 0.516. The van der Waals surface area contributed by atoms with Gasteiger partial charge in [0.05, 0.1) is 12.0 Å². The molecule has 1 aromatic carbocycles. The summed E-state index contributed by atoms with van der Waals surface area (Å²) >= 11 is 0. The number of aryl methyl sites for hydroxylation is 1. The number of benzene rings is 1. The number of hydrogen-bond acceptors (Lipinski definition) is 3. The molecule has 0 aromatic heterocycles. The third kappa shape index (κ3) is 2.27. The molecule has 0 spiro atoms. The van der Waals surface area contributed by atoms with Crippen LogP contribution >= 0.6 is 0 Å². The second-order valence-electron chi connectivity index (χ2n) is 5.57. The van der Waals surface area contributed by atoms with E-state index < -0.39 is 11.4 Å². The second-order valence-corrected chi connectivity index (χ2v) is 5.57. The number of nitrogens with one attached hydrogen (secondary N) is 1. The van der Waals surface area contributed by atoms with Crippen LogP contribution in [-0.2, 0) is 11.2 Å². The maximum absolute atomic E-state index is 11.3. The van der Waals surface area contributed by atoms with E-state index in [-0.39, 0.29) is 0 Å². The first-order valence-corrected chi connectivity index (χ1v) is 6.93. The van der Waals surface area contributed by atoms with E-state index in [1.54, 1.807) is 0 Å². The second kappa shape index (κ2) is 4.76. The van der Waals surface area contributed by atoms with Gasteiger partial charge < -0.3 is 15.2 Å². The average Bonchev–Trinajstić information content (AvgIpc) is 2.37. The summed E-state index contributed by atoms with van der Waals surface area (Å²) in [4.78, 5) is 11.3. The number of anilines is 1. The summed E-state index contributed by atoms with van der Waals surface area (Å²) in [6.07, 6.45) is 4.67. The fourth-order valence-electron chi connectivity index (χ4n) is 2.81. The van der Waals surface area contributed by atoms with Crippen molar-refractivity contribution < 1.29 is 14.6 Å². The van der Waals surface area contributed by atoms with Crippen LogP contribution in [-0.4, -0.2) is 24.2 Å². The highest BCUT2D eigenvalue weighted by atomic mass is 16.5. The summed E-state index contributed by atoms with van der Waals surface area (Å²) in [7, 11) is 0. The Kier molecular flexibility index (Phi) is 3.09. The lowest BCUT2D eigenvalue weighted by Crippen LogP contribution is -2.43. The molecular weight excluding hydrogens is 242 g/mol. The Balaban J connectivity index is 1.68. The predicted octanol–water partition coefficient (Wildman–Crippen LogP) is 2.68. The van der Waals surface area contributed by atoms with Crippen molar-refractivity contribution in [2.24, 2.45) is 5.41 Å². The fourth-order valence-corrected chi connectivity index (χ4v) is 2.81. The molecule has 2 N–H and O–H groups in total. The van der Waals surface area contributed by atoms with Gasteiger partial charge in [-0.05, 0) is 49.4 Å². The molecule has 0 bridgehead atoms. The van der Waals surface area contributed by atoms with E-state index in [9.17, 15) is 9.90 Å². The topological polar surface area (TPSA) is 58.6 Å². The van der Waals surface area contributed by atoms with Gasteiger partial charge in [0, 0.05) is 12.2 Å². The Bertz CT molecular complexity index is 494. The van der Waals surface area contributed by atoms with Gasteiger partial charge in [0.1, 0.15) is 5.75 Å². The zero-order valence-electron chi connectivity index (χ0n) is 10.9. The highest BCUT2D eigenvalue weighted by Gasteiger charge is 2.44. The van der Waals surface area contributed by atoms with Crippen molar-refractivity contribution in [3.8, 4) is 5.75 Å². The molecule has 4 nitrogen and oxygen atoms in total. The van der Waals surface area contributed by atoms with Crippen LogP contribution in [0.15, 0.2) is 18.2 Å². The van der Waals surface area contributed by atoms with E-state index in [0.29, 0.717) is 6.54 Å². The zero-order valence-corrected chi connectivity index (χ0v) is 10.9. The molecule has 3 rings (SSSR count). The van der Waals surface area contributed by atoms with E-state index in [4.69, 9.17) is 4.74 Å². The summed E-state index contributed by atoms with van der Waals surface area (Å²) in [5.41, 5.74) is 1.66. The summed E-state index contributed by atoms with van der Waals surface area (Å²) in [6.45, 7) is 1.31. The zero-order chi connectivity index (χ0) is 13.3. The van der Waals surface area contributed by atoms with Crippen LogP contribution in [0.1, 0.15) is 31.2 Å². The normalized spacial score (nSPS) is 19.8. The first-order valence-electron chi connectivity index (χ1n) is 6.93. The highest BCUT2D eigenvalue weighted by Crippen LogP contribution is 2.41. The molecule has 4 heteroatoms. The van der Waals surface area contributed by atoms with Gasteiger partial charge in [-0.15, -0.1) is 0 Å². The standard InChI is InChI=1S/C15H19NO3/c17-14(18)15(6-2-7-15)10-16-12-4-5-13-11(9-12)3-1-8-19-13/h4-5,9,16H,1-3,6-8,10H2,(H,17,18). The first kappa shape index (κ1) is 12.3. The van der Waals surface area contributed by atoms with E-state index in [1.165, 1.54) is 5.56 Å². The van der Waals surface area contributed by atoms with Gasteiger partial charge >= 0.3 is 5.97 Å². The molecule has 0 atom stereocenters. The molecular formula is C15H19NO3. The van der Waals surface area contributed by atoms with Crippen LogP contribution in [0.25, 0.3) is 0 Å². The predicted molar refractivity (Wildman–Crippen MR) is 72.7 cm³/mol. The van der Waals surface area contributed by atoms with Gasteiger partial charge in [-0.1, -0.05) is 6.42 Å². The Hall–Kier alpha value is -1.71. The Morgan fingerprint density at radius 1 is 1.37 bits per heavy atom. The third-order valence-corrected chi connectivity index (χ3v) is 4.30. The molecule has 1 aliphatic carbocycles. The van der Waals surface area contributed by atoms with Gasteiger partial charge in [0.2, 0.25) is 0 Å². The van der Waals surface area contributed by atoms with E-state index in [0.717, 1.165) is 50.1 Å². The molecule has 0 saturated heterocycles. The highest BCUT2D eigenvalue weighted by molar-refractivity contribution is 5.76. The number of carboxylic acids is 1. The van der Waals surface area contributed by atoms with Crippen LogP contribution in [0.2, 0.25) is 0 Å². The van der Waals surface area contributed by atoms with Crippen molar-refractivity contribution in [2.75, 3.05) is 18.5 Å². The number of carbonyl (C=O) groups is 1. The monoisotopic (exact) mass is 261 g/mol. The average molecular weight is 261 g/mol. The maximum Gasteiger partial charge on any atom is 0.311 e. The van der Waals surface area contributed by atoms with Crippen LogP contribution in [0.3, 0.4) is 0 Å². The molecule has 0 unspecified atom stereocenters. The Labute approximate surface area is 112 Å². The van der Waals surface area contributed by atoms with Gasteiger partial charge in [0.25, 0.3) is 0 Å². The number of aliphatic carboxylic acids is 1. The summed E-state index contributed by atoms with van der Waals surface area (Å²) < 4.78 is 5.57. The molecule has 0 radical (unpaired) electrons. The molecule has 0 amide bonds. The fraction of sp³-hybridized carbons (Fsp3) is 0.533. The molecule has 102 valence electrons. The van der Waals surface area contributed by atoms with Gasteiger partial charge in [-0.2, -0.15) is 0 Å². The van der Waals surface area contributed by atoms with E-state index in [1.807, 2.05) is 12.1 Å². The minimum atomic E-state index is -0.674. The molecule has 2 aliphatic rings. The number of ether oxygens (including phenoxy) is 1. The lowest BCUT2D eigenvalue weighted by Gasteiger charge is -2.38. The van der Waals surface area contributed by atoms with Gasteiger partial charge in [0.15, 0.2) is 0 Å². The number of carboxylic acid groups (broad SMARTS) is 1. The van der Waals surface area contributed by atoms with Crippen molar-refractivity contribution in [3.63, 3.8) is 0 Å². The minimum Gasteiger partial charge on any atom is -0.493 e. The molecule has 19 heavy (non-hydrogen) atoms. The van der Waals surface area contributed by atoms with Crippen molar-refractivity contribution in [3.05, 3.63) is 23.8 Å². The smallest absolute Gasteiger partial charge is 0.311 e. The van der Waals surface area contributed by atoms with Crippen LogP contribution in [0, 0.1) is 5.41 Å². The van der Waals surface area contributed by atoms with Crippen molar-refractivity contribution in [2.45, 2.75) is 32.1 Å². The molecule has 1 heterocycles. The lowest BCUT2D eigenvalue weighted by atomic mass is 9.69. The summed E-state index contributed by atoms with van der Waals surface area (Å²) in [6, 6.07) is 6.03. The van der Waals surface area contributed by atoms with Crippen LogP contribution in [0.5, 0.6) is 5.75 Å². The number of rotatable bonds is 4. The Morgan fingerprint density at radius 2 is 2.21 bits per heavy atom. The quantitative estimate of drug-likeness (QED) is 0.875. The third-order valence-electron chi connectivity index (χ3n) is 4.30. The van der Waals surface area contributed by atoms with Crippen molar-refractivity contribution in [1.29, 1.82) is 0 Å². The van der Waals surface area contributed by atoms with E-state index >= 15 is 0 Å². The van der Waals surface area contributed by atoms with E-state index in [2.05, 4.69) is 11.4 Å². The van der Waals surface area contributed by atoms with Crippen molar-refractivity contribution >= 4 is 11.7 Å². The first-order chi connectivity index (χ1) is 9.20. The summed E-state index contributed by atoms with van der Waals surface area (Å²) in [5, 5.41) is 12.6. The Morgan fingerprint density at radius 3 is 2.89 bits per heavy atom. The molecule has 1 aliphatic heterocycles. The SMILES string of the molecule is O=C(O)C1(CNc2ccc3c(c2)CCCO3)CCC1. The molecule has 1 fully saturated rings. The lowest BCUT2D eigenvalue weighted by molar-refractivity contribution is -0.153.